The van der Waals surface area contributed by atoms with Crippen LogP contribution in [0.1, 0.15) is 29.8 Å². The van der Waals surface area contributed by atoms with Crippen molar-refractivity contribution in [1.82, 2.24) is 19.9 Å². The Labute approximate surface area is 130 Å². The van der Waals surface area contributed by atoms with Crippen molar-refractivity contribution >= 4 is 32.8 Å². The van der Waals surface area contributed by atoms with Gasteiger partial charge in [0.05, 0.1) is 24.0 Å². The number of halogens is 1. The maximum atomic E-state index is 4.41. The number of fused-ring (bicyclic) bond motifs is 1. The molecule has 0 saturated carbocycles. The van der Waals surface area contributed by atoms with Crippen LogP contribution in [-0.4, -0.2) is 21.1 Å². The lowest BCUT2D eigenvalue weighted by Gasteiger charge is -2.17. The summed E-state index contributed by atoms with van der Waals surface area (Å²) >= 11 is 5.38. The van der Waals surface area contributed by atoms with Crippen molar-refractivity contribution in [1.29, 1.82) is 0 Å². The second-order valence-corrected chi connectivity index (χ2v) is 6.33. The molecule has 4 nitrogen and oxygen atoms in total. The van der Waals surface area contributed by atoms with Gasteiger partial charge in [0.15, 0.2) is 0 Å². The minimum absolute atomic E-state index is 0.144. The van der Waals surface area contributed by atoms with Crippen molar-refractivity contribution in [2.24, 2.45) is 0 Å². The maximum absolute atomic E-state index is 4.41. The third-order valence-electron chi connectivity index (χ3n) is 3.17. The van der Waals surface area contributed by atoms with E-state index in [1.807, 2.05) is 23.1 Å². The number of thiophene rings is 1. The Balaban J connectivity index is 2.07. The molecule has 20 heavy (non-hydrogen) atoms. The Kier molecular flexibility index (Phi) is 4.14. The van der Waals surface area contributed by atoms with Crippen LogP contribution in [0, 0.1) is 0 Å². The maximum Gasteiger partial charge on any atom is 0.0896 e. The molecule has 3 aromatic rings. The van der Waals surface area contributed by atoms with Crippen LogP contribution in [0.2, 0.25) is 0 Å². The molecule has 0 bridgehead atoms. The first-order valence-corrected chi connectivity index (χ1v) is 8.22. The number of rotatable bonds is 5. The third-order valence-corrected chi connectivity index (χ3v) is 5.11. The molecule has 0 amide bonds. The zero-order valence-electron chi connectivity index (χ0n) is 11.1. The highest BCUT2D eigenvalue weighted by molar-refractivity contribution is 9.10. The standard InChI is InChI=1S/C14H15BrN4S/c1-2-4-17-13(14-11(15)3-7-20-14)10-8-18-19-6-5-16-9-12(10)19/h3,5-9,13,17H,2,4H2,1H3. The summed E-state index contributed by atoms with van der Waals surface area (Å²) in [7, 11) is 0. The average molecular weight is 351 g/mol. The van der Waals surface area contributed by atoms with Crippen molar-refractivity contribution < 1.29 is 0 Å². The van der Waals surface area contributed by atoms with Gasteiger partial charge < -0.3 is 5.32 Å². The lowest BCUT2D eigenvalue weighted by molar-refractivity contribution is 0.607. The normalized spacial score (nSPS) is 12.9. The van der Waals surface area contributed by atoms with Gasteiger partial charge in [-0.25, -0.2) is 4.52 Å². The van der Waals surface area contributed by atoms with Crippen LogP contribution in [0.25, 0.3) is 5.52 Å². The number of nitrogens with one attached hydrogen (secondary N) is 1. The van der Waals surface area contributed by atoms with Gasteiger partial charge in [-0.15, -0.1) is 11.3 Å². The van der Waals surface area contributed by atoms with E-state index in [4.69, 9.17) is 0 Å². The Morgan fingerprint density at radius 1 is 1.45 bits per heavy atom. The molecule has 3 heterocycles. The first-order chi connectivity index (χ1) is 9.81. The summed E-state index contributed by atoms with van der Waals surface area (Å²) in [6.45, 7) is 3.14. The summed E-state index contributed by atoms with van der Waals surface area (Å²) in [5, 5.41) is 10.1. The van der Waals surface area contributed by atoms with Crippen molar-refractivity contribution in [3.63, 3.8) is 0 Å². The second-order valence-electron chi connectivity index (χ2n) is 4.53. The highest BCUT2D eigenvalue weighted by atomic mass is 79.9. The van der Waals surface area contributed by atoms with E-state index in [1.54, 1.807) is 17.5 Å². The first kappa shape index (κ1) is 13.7. The minimum atomic E-state index is 0.144. The fourth-order valence-electron chi connectivity index (χ4n) is 2.22. The van der Waals surface area contributed by atoms with Gasteiger partial charge in [-0.2, -0.15) is 5.10 Å². The Bertz CT molecular complexity index is 706. The lowest BCUT2D eigenvalue weighted by atomic mass is 10.1. The summed E-state index contributed by atoms with van der Waals surface area (Å²) in [6, 6.07) is 2.23. The van der Waals surface area contributed by atoms with Crippen molar-refractivity contribution in [2.75, 3.05) is 6.54 Å². The molecule has 1 atom stereocenters. The van der Waals surface area contributed by atoms with E-state index in [9.17, 15) is 0 Å². The Hall–Kier alpha value is -1.24. The molecule has 0 aliphatic carbocycles. The molecule has 0 aliphatic heterocycles. The van der Waals surface area contributed by atoms with E-state index in [2.05, 4.69) is 49.7 Å². The van der Waals surface area contributed by atoms with Gasteiger partial charge in [0, 0.05) is 27.3 Å². The number of aromatic nitrogens is 3. The first-order valence-electron chi connectivity index (χ1n) is 6.54. The van der Waals surface area contributed by atoms with E-state index in [-0.39, 0.29) is 6.04 Å². The monoisotopic (exact) mass is 350 g/mol. The number of hydrogen-bond donors (Lipinski definition) is 1. The second kappa shape index (κ2) is 6.03. The van der Waals surface area contributed by atoms with Crippen LogP contribution in [0.15, 0.2) is 40.7 Å². The largest absolute Gasteiger partial charge is 0.305 e. The van der Waals surface area contributed by atoms with Crippen LogP contribution >= 0.6 is 27.3 Å². The molecular weight excluding hydrogens is 336 g/mol. The molecule has 1 N–H and O–H groups in total. The molecule has 3 rings (SSSR count). The molecule has 0 aromatic carbocycles. The van der Waals surface area contributed by atoms with E-state index >= 15 is 0 Å². The van der Waals surface area contributed by atoms with Gasteiger partial charge in [-0.05, 0) is 40.3 Å². The fraction of sp³-hybridized carbons (Fsp3) is 0.286. The van der Waals surface area contributed by atoms with E-state index in [0.717, 1.165) is 28.5 Å². The quantitative estimate of drug-likeness (QED) is 0.763. The number of hydrogen-bond acceptors (Lipinski definition) is 4. The molecule has 1 unspecified atom stereocenters. The summed E-state index contributed by atoms with van der Waals surface area (Å²) in [5.74, 6) is 0. The molecule has 6 heteroatoms. The summed E-state index contributed by atoms with van der Waals surface area (Å²) in [5.41, 5.74) is 2.20. The highest BCUT2D eigenvalue weighted by Gasteiger charge is 2.21. The molecule has 0 fully saturated rings. The molecule has 0 spiro atoms. The van der Waals surface area contributed by atoms with E-state index < -0.39 is 0 Å². The topological polar surface area (TPSA) is 42.2 Å². The SMILES string of the molecule is CCCNC(c1sccc1Br)c1cnn2ccncc12. The molecule has 0 saturated heterocycles. The van der Waals surface area contributed by atoms with Gasteiger partial charge in [0.2, 0.25) is 0 Å². The molecule has 0 radical (unpaired) electrons. The van der Waals surface area contributed by atoms with Gasteiger partial charge >= 0.3 is 0 Å². The summed E-state index contributed by atoms with van der Waals surface area (Å²) in [4.78, 5) is 5.49. The zero-order valence-corrected chi connectivity index (χ0v) is 13.5. The van der Waals surface area contributed by atoms with E-state index in [0.29, 0.717) is 0 Å². The predicted molar refractivity (Wildman–Crippen MR) is 85.1 cm³/mol. The number of nitrogens with zero attached hydrogens (tertiary/aromatic N) is 3. The lowest BCUT2D eigenvalue weighted by Crippen LogP contribution is -2.22. The van der Waals surface area contributed by atoms with Crippen molar-refractivity contribution in [3.05, 3.63) is 51.1 Å². The van der Waals surface area contributed by atoms with Gasteiger partial charge in [0.1, 0.15) is 0 Å². The van der Waals surface area contributed by atoms with E-state index in [1.165, 1.54) is 4.88 Å². The van der Waals surface area contributed by atoms with Gasteiger partial charge in [-0.1, -0.05) is 6.92 Å². The van der Waals surface area contributed by atoms with Gasteiger partial charge in [0.25, 0.3) is 0 Å². The van der Waals surface area contributed by atoms with Gasteiger partial charge in [-0.3, -0.25) is 4.98 Å². The van der Waals surface area contributed by atoms with Crippen LogP contribution in [0.5, 0.6) is 0 Å². The van der Waals surface area contributed by atoms with Crippen molar-refractivity contribution in [2.45, 2.75) is 19.4 Å². The summed E-state index contributed by atoms with van der Waals surface area (Å²) < 4.78 is 3.00. The average Bonchev–Trinajstić information content (AvgIpc) is 3.07. The molecular formula is C14H15BrN4S. The fourth-order valence-corrected chi connectivity index (χ4v) is 3.91. The smallest absolute Gasteiger partial charge is 0.0896 e. The van der Waals surface area contributed by atoms with Crippen LogP contribution in [0.3, 0.4) is 0 Å². The predicted octanol–water partition coefficient (Wildman–Crippen LogP) is 3.64. The Morgan fingerprint density at radius 2 is 2.35 bits per heavy atom. The Morgan fingerprint density at radius 3 is 3.10 bits per heavy atom. The van der Waals surface area contributed by atoms with Crippen molar-refractivity contribution in [3.8, 4) is 0 Å². The summed E-state index contributed by atoms with van der Waals surface area (Å²) in [6.07, 6.45) is 8.51. The highest BCUT2D eigenvalue weighted by Crippen LogP contribution is 2.34. The minimum Gasteiger partial charge on any atom is -0.305 e. The van der Waals surface area contributed by atoms with Crippen LogP contribution in [0.4, 0.5) is 0 Å². The third kappa shape index (κ3) is 2.51. The molecule has 104 valence electrons. The van der Waals surface area contributed by atoms with Crippen LogP contribution in [-0.2, 0) is 0 Å². The van der Waals surface area contributed by atoms with Crippen LogP contribution < -0.4 is 5.32 Å². The molecule has 3 aromatic heterocycles. The zero-order chi connectivity index (χ0) is 13.9. The molecule has 0 aliphatic rings.